The predicted octanol–water partition coefficient (Wildman–Crippen LogP) is 3.85. The number of nitrogen functional groups attached to an aromatic ring is 1. The monoisotopic (exact) mass is 237 g/mol. The average molecular weight is 238 g/mol. The Bertz CT molecular complexity index is 516. The number of ether oxygens (including phenoxy) is 1. The summed E-state index contributed by atoms with van der Waals surface area (Å²) in [5.74, 6) is 0.295. The second-order valence-electron chi connectivity index (χ2n) is 3.21. The number of para-hydroxylation sites is 2. The van der Waals surface area contributed by atoms with Crippen LogP contribution in [0.25, 0.3) is 0 Å². The van der Waals surface area contributed by atoms with Crippen LogP contribution >= 0.6 is 11.6 Å². The molecule has 0 fully saturated rings. The summed E-state index contributed by atoms with van der Waals surface area (Å²) in [4.78, 5) is 0. The van der Waals surface area contributed by atoms with E-state index < -0.39 is 5.82 Å². The molecular weight excluding hydrogens is 229 g/mol. The molecule has 2 aromatic rings. The van der Waals surface area contributed by atoms with Crippen LogP contribution in [0.5, 0.6) is 11.5 Å². The number of rotatable bonds is 2. The van der Waals surface area contributed by atoms with Crippen LogP contribution in [0.2, 0.25) is 5.02 Å². The summed E-state index contributed by atoms with van der Waals surface area (Å²) in [6.07, 6.45) is 0. The Kier molecular flexibility index (Phi) is 2.97. The first-order valence-electron chi connectivity index (χ1n) is 4.64. The Labute approximate surface area is 97.4 Å². The van der Waals surface area contributed by atoms with Crippen LogP contribution in [0.4, 0.5) is 10.1 Å². The molecule has 0 aliphatic rings. The number of anilines is 1. The van der Waals surface area contributed by atoms with Crippen molar-refractivity contribution in [1.82, 2.24) is 0 Å². The molecule has 0 bridgehead atoms. The number of hydrogen-bond acceptors (Lipinski definition) is 2. The number of halogens is 2. The summed E-state index contributed by atoms with van der Waals surface area (Å²) in [7, 11) is 0. The van der Waals surface area contributed by atoms with Gasteiger partial charge in [0.1, 0.15) is 17.3 Å². The van der Waals surface area contributed by atoms with Crippen LogP contribution in [0.1, 0.15) is 0 Å². The highest BCUT2D eigenvalue weighted by Gasteiger charge is 2.06. The minimum absolute atomic E-state index is 0.250. The summed E-state index contributed by atoms with van der Waals surface area (Å²) in [5, 5.41) is 0.338. The molecule has 0 saturated carbocycles. The normalized spacial score (nSPS) is 10.1. The van der Waals surface area contributed by atoms with Gasteiger partial charge in [0.15, 0.2) is 0 Å². The van der Waals surface area contributed by atoms with Gasteiger partial charge in [-0.2, -0.15) is 0 Å². The van der Waals surface area contributed by atoms with E-state index in [1.54, 1.807) is 24.3 Å². The second kappa shape index (κ2) is 4.41. The fraction of sp³-hybridized carbons (Fsp3) is 0. The minimum Gasteiger partial charge on any atom is -0.454 e. The molecule has 82 valence electrons. The molecule has 0 heterocycles. The molecule has 0 aromatic heterocycles. The third-order valence-corrected chi connectivity index (χ3v) is 2.34. The summed E-state index contributed by atoms with van der Waals surface area (Å²) < 4.78 is 18.4. The van der Waals surface area contributed by atoms with Gasteiger partial charge < -0.3 is 10.5 Å². The summed E-state index contributed by atoms with van der Waals surface area (Å²) >= 11 is 5.87. The molecule has 0 saturated heterocycles. The van der Waals surface area contributed by atoms with Gasteiger partial charge in [-0.15, -0.1) is 0 Å². The first-order valence-corrected chi connectivity index (χ1v) is 5.02. The Hall–Kier alpha value is -1.74. The fourth-order valence-electron chi connectivity index (χ4n) is 1.25. The smallest absolute Gasteiger partial charge is 0.150 e. The molecular formula is C12H9ClFNO. The highest BCUT2D eigenvalue weighted by atomic mass is 35.5. The molecule has 4 heteroatoms. The van der Waals surface area contributed by atoms with Crippen LogP contribution in [0.3, 0.4) is 0 Å². The average Bonchev–Trinajstić information content (AvgIpc) is 2.27. The highest BCUT2D eigenvalue weighted by Crippen LogP contribution is 2.32. The molecule has 16 heavy (non-hydrogen) atoms. The topological polar surface area (TPSA) is 35.2 Å². The van der Waals surface area contributed by atoms with Gasteiger partial charge in [0, 0.05) is 6.07 Å². The molecule has 0 radical (unpaired) electrons. The van der Waals surface area contributed by atoms with Gasteiger partial charge in [-0.3, -0.25) is 0 Å². The zero-order valence-electron chi connectivity index (χ0n) is 8.28. The zero-order valence-corrected chi connectivity index (χ0v) is 9.04. The van der Waals surface area contributed by atoms with Crippen molar-refractivity contribution in [1.29, 1.82) is 0 Å². The minimum atomic E-state index is -0.408. The van der Waals surface area contributed by atoms with Gasteiger partial charge >= 0.3 is 0 Å². The van der Waals surface area contributed by atoms with Crippen molar-refractivity contribution < 1.29 is 9.13 Å². The van der Waals surface area contributed by atoms with Gasteiger partial charge in [0.05, 0.1) is 10.7 Å². The van der Waals surface area contributed by atoms with Crippen molar-refractivity contribution in [3.8, 4) is 11.5 Å². The maximum Gasteiger partial charge on any atom is 0.150 e. The van der Waals surface area contributed by atoms with Crippen LogP contribution in [-0.4, -0.2) is 0 Å². The lowest BCUT2D eigenvalue weighted by molar-refractivity contribution is 0.479. The van der Waals surface area contributed by atoms with Gasteiger partial charge in [-0.05, 0) is 24.3 Å². The lowest BCUT2D eigenvalue weighted by Gasteiger charge is -2.09. The van der Waals surface area contributed by atoms with Crippen LogP contribution in [0.15, 0.2) is 42.5 Å². The molecule has 0 spiro atoms. The van der Waals surface area contributed by atoms with E-state index in [4.69, 9.17) is 22.1 Å². The lowest BCUT2D eigenvalue weighted by atomic mass is 10.3. The van der Waals surface area contributed by atoms with Crippen LogP contribution < -0.4 is 10.5 Å². The van der Waals surface area contributed by atoms with Crippen molar-refractivity contribution in [3.05, 3.63) is 53.3 Å². The summed E-state index contributed by atoms with van der Waals surface area (Å²) in [6, 6.07) is 10.9. The van der Waals surface area contributed by atoms with Crippen LogP contribution in [0, 0.1) is 5.82 Å². The van der Waals surface area contributed by atoms with Crippen molar-refractivity contribution in [2.45, 2.75) is 0 Å². The van der Waals surface area contributed by atoms with Gasteiger partial charge in [0.25, 0.3) is 0 Å². The molecule has 0 aliphatic carbocycles. The first kappa shape index (κ1) is 10.8. The van der Waals surface area contributed by atoms with Crippen molar-refractivity contribution in [2.75, 3.05) is 5.73 Å². The summed E-state index contributed by atoms with van der Waals surface area (Å²) in [6.45, 7) is 0. The predicted molar refractivity (Wildman–Crippen MR) is 62.3 cm³/mol. The largest absolute Gasteiger partial charge is 0.454 e. The Morgan fingerprint density at radius 2 is 1.81 bits per heavy atom. The first-order chi connectivity index (χ1) is 7.66. The molecule has 0 aliphatic heterocycles. The third kappa shape index (κ3) is 2.25. The van der Waals surface area contributed by atoms with Crippen molar-refractivity contribution in [2.24, 2.45) is 0 Å². The van der Waals surface area contributed by atoms with Gasteiger partial charge in [-0.1, -0.05) is 23.7 Å². The molecule has 2 rings (SSSR count). The van der Waals surface area contributed by atoms with Crippen LogP contribution in [-0.2, 0) is 0 Å². The van der Waals surface area contributed by atoms with Crippen molar-refractivity contribution >= 4 is 17.3 Å². The third-order valence-electron chi connectivity index (χ3n) is 2.03. The fourth-order valence-corrected chi connectivity index (χ4v) is 1.40. The van der Waals surface area contributed by atoms with E-state index in [-0.39, 0.29) is 5.75 Å². The SMILES string of the molecule is Nc1ccccc1Oc1cc(F)ccc1Cl. The second-order valence-corrected chi connectivity index (χ2v) is 3.62. The highest BCUT2D eigenvalue weighted by molar-refractivity contribution is 6.32. The molecule has 2 nitrogen and oxygen atoms in total. The maximum atomic E-state index is 13.0. The Balaban J connectivity index is 2.34. The number of hydrogen-bond donors (Lipinski definition) is 1. The van der Waals surface area contributed by atoms with E-state index in [2.05, 4.69) is 0 Å². The maximum absolute atomic E-state index is 13.0. The van der Waals surface area contributed by atoms with E-state index in [9.17, 15) is 4.39 Å². The van der Waals surface area contributed by atoms with E-state index in [0.717, 1.165) is 0 Å². The Morgan fingerprint density at radius 1 is 1.06 bits per heavy atom. The Morgan fingerprint density at radius 3 is 2.56 bits per heavy atom. The molecule has 0 unspecified atom stereocenters. The van der Waals surface area contributed by atoms with E-state index in [0.29, 0.717) is 16.5 Å². The van der Waals surface area contributed by atoms with Gasteiger partial charge in [0.2, 0.25) is 0 Å². The summed E-state index contributed by atoms with van der Waals surface area (Å²) in [5.41, 5.74) is 6.17. The van der Waals surface area contributed by atoms with Crippen molar-refractivity contribution in [3.63, 3.8) is 0 Å². The quantitative estimate of drug-likeness (QED) is 0.805. The standard InChI is InChI=1S/C12H9ClFNO/c13-9-6-5-8(14)7-12(9)16-11-4-2-1-3-10(11)15/h1-7H,15H2. The number of benzene rings is 2. The lowest BCUT2D eigenvalue weighted by Crippen LogP contribution is -1.92. The van der Waals surface area contributed by atoms with E-state index >= 15 is 0 Å². The molecule has 2 N–H and O–H groups in total. The molecule has 0 atom stereocenters. The molecule has 0 amide bonds. The van der Waals surface area contributed by atoms with E-state index in [1.165, 1.54) is 18.2 Å². The number of nitrogens with two attached hydrogens (primary N) is 1. The van der Waals surface area contributed by atoms with Gasteiger partial charge in [-0.25, -0.2) is 4.39 Å². The van der Waals surface area contributed by atoms with E-state index in [1.807, 2.05) is 0 Å². The molecule has 2 aromatic carbocycles. The zero-order chi connectivity index (χ0) is 11.5.